The quantitative estimate of drug-likeness (QED) is 0.828. The number of aromatic nitrogens is 2. The molecule has 5 heteroatoms. The van der Waals surface area contributed by atoms with Crippen LogP contribution in [0.1, 0.15) is 21.6 Å². The molecule has 0 spiro atoms. The number of rotatable bonds is 4. The van der Waals surface area contributed by atoms with Crippen molar-refractivity contribution in [2.24, 2.45) is 0 Å². The van der Waals surface area contributed by atoms with Crippen LogP contribution in [0.4, 0.5) is 0 Å². The van der Waals surface area contributed by atoms with Crippen LogP contribution in [-0.2, 0) is 13.2 Å². The number of hydrogen-bond donors (Lipinski definition) is 2. The molecule has 0 amide bonds. The first-order chi connectivity index (χ1) is 8.19. The molecule has 1 heterocycles. The number of nitrogens with zero attached hydrogens (tertiary/aromatic N) is 2. The molecule has 0 aliphatic heterocycles. The molecule has 88 valence electrons. The fraction of sp³-hybridized carbons (Fsp3) is 0.167. The van der Waals surface area contributed by atoms with Gasteiger partial charge in [-0.2, -0.15) is 5.10 Å². The lowest BCUT2D eigenvalue weighted by molar-refractivity contribution is 0.0689. The van der Waals surface area contributed by atoms with Crippen LogP contribution in [0.25, 0.3) is 0 Å². The fourth-order valence-electron chi connectivity index (χ4n) is 1.50. The number of carboxylic acid groups (broad SMARTS) is 1. The normalized spacial score (nSPS) is 10.4. The third kappa shape index (κ3) is 2.70. The van der Waals surface area contributed by atoms with Crippen LogP contribution in [0.15, 0.2) is 36.5 Å². The first kappa shape index (κ1) is 11.3. The van der Waals surface area contributed by atoms with Gasteiger partial charge in [0, 0.05) is 6.20 Å². The first-order valence-corrected chi connectivity index (χ1v) is 5.14. The van der Waals surface area contributed by atoms with Gasteiger partial charge in [-0.3, -0.25) is 4.68 Å². The second-order valence-electron chi connectivity index (χ2n) is 3.68. The summed E-state index contributed by atoms with van der Waals surface area (Å²) >= 11 is 0. The summed E-state index contributed by atoms with van der Waals surface area (Å²) < 4.78 is 1.57. The summed E-state index contributed by atoms with van der Waals surface area (Å²) in [6.45, 7) is 0.532. The van der Waals surface area contributed by atoms with Gasteiger partial charge in [0.1, 0.15) is 0 Å². The Morgan fingerprint density at radius 2 is 1.82 bits per heavy atom. The van der Waals surface area contributed by atoms with Gasteiger partial charge in [-0.1, -0.05) is 24.3 Å². The maximum atomic E-state index is 10.6. The maximum absolute atomic E-state index is 10.6. The van der Waals surface area contributed by atoms with Crippen molar-refractivity contribution in [3.05, 3.63) is 53.3 Å². The number of aliphatic hydroxyl groups excluding tert-OH is 1. The number of hydrogen-bond acceptors (Lipinski definition) is 3. The molecule has 0 aliphatic carbocycles. The third-order valence-corrected chi connectivity index (χ3v) is 2.41. The molecule has 0 aliphatic rings. The Bertz CT molecular complexity index is 517. The van der Waals surface area contributed by atoms with Crippen LogP contribution in [0.5, 0.6) is 0 Å². The lowest BCUT2D eigenvalue weighted by Crippen LogP contribution is -2.03. The summed E-state index contributed by atoms with van der Waals surface area (Å²) in [5.74, 6) is -1.03. The summed E-state index contributed by atoms with van der Waals surface area (Å²) in [4.78, 5) is 10.6. The summed E-state index contributed by atoms with van der Waals surface area (Å²) in [5.41, 5.74) is 1.89. The zero-order valence-corrected chi connectivity index (χ0v) is 9.08. The van der Waals surface area contributed by atoms with Crippen molar-refractivity contribution in [3.63, 3.8) is 0 Å². The number of benzene rings is 1. The standard InChI is InChI=1S/C12H12N2O3/c15-8-10-3-1-9(2-4-10)7-14-6-5-11(13-14)12(16)17/h1-6,15H,7-8H2,(H,16,17). The van der Waals surface area contributed by atoms with Gasteiger partial charge in [-0.05, 0) is 17.2 Å². The van der Waals surface area contributed by atoms with Crippen molar-refractivity contribution in [3.8, 4) is 0 Å². The van der Waals surface area contributed by atoms with E-state index in [-0.39, 0.29) is 12.3 Å². The molecule has 1 aromatic carbocycles. The molecule has 0 bridgehead atoms. The molecular weight excluding hydrogens is 220 g/mol. The number of aliphatic hydroxyl groups is 1. The van der Waals surface area contributed by atoms with E-state index in [1.54, 1.807) is 10.9 Å². The molecule has 2 aromatic rings. The molecule has 1 aromatic heterocycles. The summed E-state index contributed by atoms with van der Waals surface area (Å²) in [6.07, 6.45) is 1.63. The zero-order chi connectivity index (χ0) is 12.3. The lowest BCUT2D eigenvalue weighted by Gasteiger charge is -2.02. The average molecular weight is 232 g/mol. The van der Waals surface area contributed by atoms with Crippen molar-refractivity contribution in [1.82, 2.24) is 9.78 Å². The van der Waals surface area contributed by atoms with Gasteiger partial charge >= 0.3 is 5.97 Å². The van der Waals surface area contributed by atoms with Crippen LogP contribution in [0, 0.1) is 0 Å². The highest BCUT2D eigenvalue weighted by Gasteiger charge is 2.06. The molecule has 17 heavy (non-hydrogen) atoms. The highest BCUT2D eigenvalue weighted by molar-refractivity contribution is 5.85. The van der Waals surface area contributed by atoms with Crippen molar-refractivity contribution in [2.75, 3.05) is 0 Å². The van der Waals surface area contributed by atoms with Crippen molar-refractivity contribution in [2.45, 2.75) is 13.2 Å². The van der Waals surface area contributed by atoms with Gasteiger partial charge in [0.25, 0.3) is 0 Å². The monoisotopic (exact) mass is 232 g/mol. The van der Waals surface area contributed by atoms with E-state index in [1.807, 2.05) is 24.3 Å². The van der Waals surface area contributed by atoms with Gasteiger partial charge < -0.3 is 10.2 Å². The largest absolute Gasteiger partial charge is 0.476 e. The highest BCUT2D eigenvalue weighted by atomic mass is 16.4. The van der Waals surface area contributed by atoms with Crippen LogP contribution in [-0.4, -0.2) is 26.0 Å². The minimum absolute atomic E-state index is 0.0191. The van der Waals surface area contributed by atoms with E-state index < -0.39 is 5.97 Å². The molecule has 0 saturated carbocycles. The predicted molar refractivity (Wildman–Crippen MR) is 60.7 cm³/mol. The molecule has 2 rings (SSSR count). The fourth-order valence-corrected chi connectivity index (χ4v) is 1.50. The Kier molecular flexibility index (Phi) is 3.20. The molecule has 0 fully saturated rings. The smallest absolute Gasteiger partial charge is 0.356 e. The first-order valence-electron chi connectivity index (χ1n) is 5.14. The van der Waals surface area contributed by atoms with E-state index in [0.717, 1.165) is 11.1 Å². The molecular formula is C12H12N2O3. The minimum atomic E-state index is -1.03. The Hall–Kier alpha value is -2.14. The molecule has 0 atom stereocenters. The average Bonchev–Trinajstić information content (AvgIpc) is 2.79. The Balaban J connectivity index is 2.11. The van der Waals surface area contributed by atoms with Gasteiger partial charge in [-0.25, -0.2) is 4.79 Å². The van der Waals surface area contributed by atoms with Crippen molar-refractivity contribution in [1.29, 1.82) is 0 Å². The number of aromatic carboxylic acids is 1. The summed E-state index contributed by atoms with van der Waals surface area (Å²) in [5, 5.41) is 21.5. The minimum Gasteiger partial charge on any atom is -0.476 e. The number of carbonyl (C=O) groups is 1. The second kappa shape index (κ2) is 4.80. The topological polar surface area (TPSA) is 75.3 Å². The molecule has 2 N–H and O–H groups in total. The SMILES string of the molecule is O=C(O)c1ccn(Cc2ccc(CO)cc2)n1. The third-order valence-electron chi connectivity index (χ3n) is 2.41. The van der Waals surface area contributed by atoms with E-state index in [1.165, 1.54) is 6.07 Å². The van der Waals surface area contributed by atoms with Crippen LogP contribution >= 0.6 is 0 Å². The Morgan fingerprint density at radius 1 is 1.18 bits per heavy atom. The van der Waals surface area contributed by atoms with E-state index in [0.29, 0.717) is 6.54 Å². The van der Waals surface area contributed by atoms with Gasteiger partial charge in [0.05, 0.1) is 13.2 Å². The zero-order valence-electron chi connectivity index (χ0n) is 9.08. The van der Waals surface area contributed by atoms with Crippen molar-refractivity contribution >= 4 is 5.97 Å². The highest BCUT2D eigenvalue weighted by Crippen LogP contribution is 2.06. The van der Waals surface area contributed by atoms with Gasteiger partial charge in [0.2, 0.25) is 0 Å². The maximum Gasteiger partial charge on any atom is 0.356 e. The Morgan fingerprint density at radius 3 is 2.35 bits per heavy atom. The molecule has 5 nitrogen and oxygen atoms in total. The van der Waals surface area contributed by atoms with Crippen LogP contribution < -0.4 is 0 Å². The van der Waals surface area contributed by atoms with Crippen LogP contribution in [0.2, 0.25) is 0 Å². The number of carboxylic acids is 1. The van der Waals surface area contributed by atoms with Crippen molar-refractivity contribution < 1.29 is 15.0 Å². The van der Waals surface area contributed by atoms with E-state index in [2.05, 4.69) is 5.10 Å². The summed E-state index contributed by atoms with van der Waals surface area (Å²) in [6, 6.07) is 8.89. The van der Waals surface area contributed by atoms with Gasteiger partial charge in [-0.15, -0.1) is 0 Å². The summed E-state index contributed by atoms with van der Waals surface area (Å²) in [7, 11) is 0. The van der Waals surface area contributed by atoms with Crippen LogP contribution in [0.3, 0.4) is 0 Å². The second-order valence-corrected chi connectivity index (χ2v) is 3.68. The predicted octanol–water partition coefficient (Wildman–Crippen LogP) is 1.12. The van der Waals surface area contributed by atoms with E-state index in [4.69, 9.17) is 10.2 Å². The van der Waals surface area contributed by atoms with E-state index in [9.17, 15) is 4.79 Å². The van der Waals surface area contributed by atoms with Gasteiger partial charge in [0.15, 0.2) is 5.69 Å². The molecule has 0 unspecified atom stereocenters. The molecule has 0 radical (unpaired) electrons. The lowest BCUT2D eigenvalue weighted by atomic mass is 10.1. The molecule has 0 saturated heterocycles. The van der Waals surface area contributed by atoms with E-state index >= 15 is 0 Å². The Labute approximate surface area is 97.9 Å².